The number of halogens is 2. The summed E-state index contributed by atoms with van der Waals surface area (Å²) in [5.41, 5.74) is 1.55. The first-order valence-electron chi connectivity index (χ1n) is 9.89. The number of rotatable bonds is 5. The molecule has 0 aliphatic carbocycles. The number of nitriles is 1. The monoisotopic (exact) mass is 445 g/mol. The van der Waals surface area contributed by atoms with Gasteiger partial charge in [0.25, 0.3) is 5.91 Å². The lowest BCUT2D eigenvalue weighted by molar-refractivity contribution is 0.0951. The van der Waals surface area contributed by atoms with Gasteiger partial charge in [-0.15, -0.1) is 5.10 Å². The van der Waals surface area contributed by atoms with Crippen LogP contribution in [0.2, 0.25) is 0 Å². The zero-order valence-electron chi connectivity index (χ0n) is 17.4. The summed E-state index contributed by atoms with van der Waals surface area (Å²) in [6.45, 7) is 1.99. The van der Waals surface area contributed by atoms with E-state index in [4.69, 9.17) is 0 Å². The number of aryl methyl sites for hydroxylation is 1. The number of aromatic nitrogens is 3. The van der Waals surface area contributed by atoms with Gasteiger partial charge in [0.1, 0.15) is 11.6 Å². The van der Waals surface area contributed by atoms with E-state index >= 15 is 0 Å². The van der Waals surface area contributed by atoms with E-state index in [0.29, 0.717) is 11.3 Å². The van der Waals surface area contributed by atoms with Crippen LogP contribution >= 0.6 is 0 Å². The molecule has 1 heterocycles. The maximum atomic E-state index is 14.3. The molecule has 9 heteroatoms. The molecule has 0 spiro atoms. The minimum Gasteiger partial charge on any atom is -0.348 e. The molecule has 0 saturated heterocycles. The second-order valence-electron chi connectivity index (χ2n) is 7.27. The van der Waals surface area contributed by atoms with Gasteiger partial charge in [-0.25, -0.2) is 13.6 Å². The fourth-order valence-corrected chi connectivity index (χ4v) is 3.36. The highest BCUT2D eigenvalue weighted by molar-refractivity contribution is 5.94. The molecule has 0 atom stereocenters. The Kier molecular flexibility index (Phi) is 5.83. The lowest BCUT2D eigenvalue weighted by atomic mass is 10.1. The molecule has 33 heavy (non-hydrogen) atoms. The highest BCUT2D eigenvalue weighted by atomic mass is 19.1. The van der Waals surface area contributed by atoms with E-state index in [2.05, 4.69) is 15.4 Å². The maximum absolute atomic E-state index is 14.3. The van der Waals surface area contributed by atoms with Crippen molar-refractivity contribution < 1.29 is 13.6 Å². The van der Waals surface area contributed by atoms with Crippen LogP contribution in [0.15, 0.2) is 65.5 Å². The third kappa shape index (κ3) is 4.41. The second kappa shape index (κ2) is 8.88. The van der Waals surface area contributed by atoms with E-state index in [1.54, 1.807) is 13.0 Å². The van der Waals surface area contributed by atoms with Gasteiger partial charge in [0.15, 0.2) is 5.82 Å². The van der Waals surface area contributed by atoms with Crippen molar-refractivity contribution in [3.8, 4) is 23.1 Å². The standard InChI is InChI=1S/C24H17F2N5O2/c1-14-11-18(25)8-5-17(14)13-28-23(32)15-6-9-19(10-7-15)31-24(33)29-22(30-31)21-16(12-27)3-2-4-20(21)26/h2-11H,13H2,1H3,(H,28,32)(H,29,30,33). The van der Waals surface area contributed by atoms with Gasteiger partial charge in [-0.05, 0) is 66.6 Å². The molecule has 0 radical (unpaired) electrons. The topological polar surface area (TPSA) is 104 Å². The van der Waals surface area contributed by atoms with Crippen molar-refractivity contribution in [2.75, 3.05) is 0 Å². The van der Waals surface area contributed by atoms with Gasteiger partial charge in [0.05, 0.1) is 22.9 Å². The first-order valence-corrected chi connectivity index (χ1v) is 9.89. The summed E-state index contributed by atoms with van der Waals surface area (Å²) in [4.78, 5) is 27.3. The Morgan fingerprint density at radius 2 is 1.91 bits per heavy atom. The third-order valence-corrected chi connectivity index (χ3v) is 5.11. The van der Waals surface area contributed by atoms with Crippen molar-refractivity contribution in [2.24, 2.45) is 0 Å². The molecule has 7 nitrogen and oxygen atoms in total. The molecule has 0 unspecified atom stereocenters. The predicted octanol–water partition coefficient (Wildman–Crippen LogP) is 3.62. The summed E-state index contributed by atoms with van der Waals surface area (Å²) in [6.07, 6.45) is 0. The van der Waals surface area contributed by atoms with Crippen LogP contribution in [0.5, 0.6) is 0 Å². The van der Waals surface area contributed by atoms with Gasteiger partial charge in [0.2, 0.25) is 0 Å². The van der Waals surface area contributed by atoms with Crippen LogP contribution in [0.1, 0.15) is 27.0 Å². The van der Waals surface area contributed by atoms with Crippen molar-refractivity contribution in [1.82, 2.24) is 20.1 Å². The van der Waals surface area contributed by atoms with Gasteiger partial charge in [0, 0.05) is 12.1 Å². The molecule has 4 rings (SSSR count). The second-order valence-corrected chi connectivity index (χ2v) is 7.27. The molecule has 1 amide bonds. The summed E-state index contributed by atoms with van der Waals surface area (Å²) in [6, 6.07) is 16.3. The van der Waals surface area contributed by atoms with Gasteiger partial charge < -0.3 is 5.32 Å². The number of carbonyl (C=O) groups is 1. The molecule has 0 aliphatic rings. The first-order chi connectivity index (χ1) is 15.9. The van der Waals surface area contributed by atoms with E-state index in [1.165, 1.54) is 54.6 Å². The highest BCUT2D eigenvalue weighted by Gasteiger charge is 2.17. The van der Waals surface area contributed by atoms with Crippen LogP contribution in [-0.4, -0.2) is 20.7 Å². The van der Waals surface area contributed by atoms with Crippen molar-refractivity contribution in [1.29, 1.82) is 5.26 Å². The Morgan fingerprint density at radius 1 is 1.15 bits per heavy atom. The largest absolute Gasteiger partial charge is 0.348 e. The Balaban J connectivity index is 1.54. The molecule has 1 aromatic heterocycles. The van der Waals surface area contributed by atoms with Crippen molar-refractivity contribution in [3.05, 3.63) is 105 Å². The van der Waals surface area contributed by atoms with Crippen LogP contribution in [0.4, 0.5) is 8.78 Å². The molecular weight excluding hydrogens is 428 g/mol. The first kappa shape index (κ1) is 21.6. The van der Waals surface area contributed by atoms with Crippen molar-refractivity contribution in [3.63, 3.8) is 0 Å². The van der Waals surface area contributed by atoms with Crippen LogP contribution < -0.4 is 11.0 Å². The Labute approximate surface area is 186 Å². The Hall–Kier alpha value is -4.58. The number of aromatic amines is 1. The van der Waals surface area contributed by atoms with Crippen molar-refractivity contribution >= 4 is 5.91 Å². The normalized spacial score (nSPS) is 10.6. The Morgan fingerprint density at radius 3 is 2.61 bits per heavy atom. The Bertz CT molecular complexity index is 1450. The van der Waals surface area contributed by atoms with E-state index in [9.17, 15) is 23.6 Å². The van der Waals surface area contributed by atoms with E-state index in [1.807, 2.05) is 6.07 Å². The van der Waals surface area contributed by atoms with E-state index in [0.717, 1.165) is 15.8 Å². The summed E-state index contributed by atoms with van der Waals surface area (Å²) >= 11 is 0. The number of benzene rings is 3. The summed E-state index contributed by atoms with van der Waals surface area (Å²) < 4.78 is 28.5. The van der Waals surface area contributed by atoms with Gasteiger partial charge >= 0.3 is 5.69 Å². The van der Waals surface area contributed by atoms with Gasteiger partial charge in [-0.3, -0.25) is 9.78 Å². The highest BCUT2D eigenvalue weighted by Crippen LogP contribution is 2.23. The quantitative estimate of drug-likeness (QED) is 0.490. The fourth-order valence-electron chi connectivity index (χ4n) is 3.36. The smallest absolute Gasteiger partial charge is 0.348 e. The number of hydrogen-bond acceptors (Lipinski definition) is 4. The SMILES string of the molecule is Cc1cc(F)ccc1CNC(=O)c1ccc(-n2nc(-c3c(F)cccc3C#N)[nH]c2=O)cc1. The number of nitrogens with one attached hydrogen (secondary N) is 2. The maximum Gasteiger partial charge on any atom is 0.348 e. The number of carbonyl (C=O) groups excluding carboxylic acids is 1. The molecule has 0 saturated carbocycles. The number of amides is 1. The van der Waals surface area contributed by atoms with Crippen molar-refractivity contribution in [2.45, 2.75) is 13.5 Å². The molecule has 2 N–H and O–H groups in total. The van der Waals surface area contributed by atoms with Crippen LogP contribution in [0, 0.1) is 29.9 Å². The fraction of sp³-hybridized carbons (Fsp3) is 0.0833. The van der Waals surface area contributed by atoms with Crippen LogP contribution in [0.25, 0.3) is 17.1 Å². The van der Waals surface area contributed by atoms with Gasteiger partial charge in [-0.2, -0.15) is 9.94 Å². The van der Waals surface area contributed by atoms with Crippen LogP contribution in [0.3, 0.4) is 0 Å². The number of nitrogens with zero attached hydrogens (tertiary/aromatic N) is 3. The number of hydrogen-bond donors (Lipinski definition) is 2. The lowest BCUT2D eigenvalue weighted by Crippen LogP contribution is -2.23. The van der Waals surface area contributed by atoms with E-state index in [-0.39, 0.29) is 35.2 Å². The van der Waals surface area contributed by atoms with Gasteiger partial charge in [-0.1, -0.05) is 12.1 Å². The molecule has 4 aromatic rings. The average Bonchev–Trinajstić information content (AvgIpc) is 3.19. The molecule has 0 fully saturated rings. The lowest BCUT2D eigenvalue weighted by Gasteiger charge is -2.09. The summed E-state index contributed by atoms with van der Waals surface area (Å²) in [5, 5.41) is 16.1. The van der Waals surface area contributed by atoms with Crippen LogP contribution in [-0.2, 0) is 6.54 Å². The number of H-pyrrole nitrogens is 1. The minimum absolute atomic E-state index is 0.0410. The molecule has 164 valence electrons. The van der Waals surface area contributed by atoms with E-state index < -0.39 is 11.5 Å². The molecule has 0 bridgehead atoms. The minimum atomic E-state index is -0.682. The predicted molar refractivity (Wildman–Crippen MR) is 117 cm³/mol. The summed E-state index contributed by atoms with van der Waals surface area (Å²) in [7, 11) is 0. The molecular formula is C24H17F2N5O2. The summed E-state index contributed by atoms with van der Waals surface area (Å²) in [5.74, 6) is -1.44. The molecule has 3 aromatic carbocycles. The zero-order valence-corrected chi connectivity index (χ0v) is 17.4. The average molecular weight is 445 g/mol. The third-order valence-electron chi connectivity index (χ3n) is 5.11. The molecule has 0 aliphatic heterocycles. The zero-order chi connectivity index (χ0) is 23.5.